The van der Waals surface area contributed by atoms with Crippen molar-refractivity contribution >= 4 is 42.3 Å². The lowest BCUT2D eigenvalue weighted by atomic mass is 10.0. The summed E-state index contributed by atoms with van der Waals surface area (Å²) in [6.07, 6.45) is 0. The molecular formula is C36H23N3S. The fraction of sp³-hybridized carbons (Fsp3) is 0. The summed E-state index contributed by atoms with van der Waals surface area (Å²) >= 11 is 1.86. The number of thiophene rings is 1. The number of benzene rings is 6. The van der Waals surface area contributed by atoms with Crippen LogP contribution >= 0.6 is 11.3 Å². The number of nitrogens with zero attached hydrogens (tertiary/aromatic N) is 3. The minimum Gasteiger partial charge on any atom is -0.275 e. The van der Waals surface area contributed by atoms with E-state index in [0.717, 1.165) is 33.8 Å². The zero-order chi connectivity index (χ0) is 26.5. The Hall–Kier alpha value is -5.06. The van der Waals surface area contributed by atoms with Crippen molar-refractivity contribution in [2.45, 2.75) is 0 Å². The van der Waals surface area contributed by atoms with Crippen molar-refractivity contribution in [1.82, 2.24) is 14.8 Å². The maximum atomic E-state index is 4.75. The molecule has 0 amide bonds. The summed E-state index contributed by atoms with van der Waals surface area (Å²) in [5.41, 5.74) is 5.57. The lowest BCUT2D eigenvalue weighted by Gasteiger charge is -2.13. The summed E-state index contributed by atoms with van der Waals surface area (Å²) in [6.45, 7) is 0. The molecule has 0 fully saturated rings. The van der Waals surface area contributed by atoms with Gasteiger partial charge in [0.15, 0.2) is 11.6 Å². The first-order valence-electron chi connectivity index (χ1n) is 13.4. The fourth-order valence-electron chi connectivity index (χ4n) is 5.66. The first-order valence-corrected chi connectivity index (χ1v) is 14.2. The maximum Gasteiger partial charge on any atom is 0.169 e. The average molecular weight is 530 g/mol. The minimum atomic E-state index is 0.820. The predicted octanol–water partition coefficient (Wildman–Crippen LogP) is 9.79. The highest BCUT2D eigenvalue weighted by Crippen LogP contribution is 2.40. The molecule has 0 aliphatic rings. The highest BCUT2D eigenvalue weighted by molar-refractivity contribution is 7.26. The van der Waals surface area contributed by atoms with E-state index >= 15 is 0 Å². The summed E-state index contributed by atoms with van der Waals surface area (Å²) in [5, 5.41) is 14.5. The molecule has 0 N–H and O–H groups in total. The van der Waals surface area contributed by atoms with Crippen LogP contribution in [0.15, 0.2) is 140 Å². The second kappa shape index (κ2) is 9.30. The summed E-state index contributed by atoms with van der Waals surface area (Å²) in [7, 11) is 0. The van der Waals surface area contributed by atoms with Gasteiger partial charge >= 0.3 is 0 Å². The first-order chi connectivity index (χ1) is 19.8. The third kappa shape index (κ3) is 3.65. The van der Waals surface area contributed by atoms with Gasteiger partial charge in [0.1, 0.15) is 0 Å². The normalized spacial score (nSPS) is 11.5. The molecule has 2 aromatic heterocycles. The van der Waals surface area contributed by atoms with Crippen LogP contribution in [0.1, 0.15) is 0 Å². The number of rotatable bonds is 4. The lowest BCUT2D eigenvalue weighted by Crippen LogP contribution is -2.00. The Balaban J connectivity index is 1.28. The second-order valence-electron chi connectivity index (χ2n) is 9.90. The van der Waals surface area contributed by atoms with Crippen molar-refractivity contribution in [1.29, 1.82) is 0 Å². The molecule has 40 heavy (non-hydrogen) atoms. The molecule has 0 saturated heterocycles. The minimum absolute atomic E-state index is 0.820. The topological polar surface area (TPSA) is 30.7 Å². The van der Waals surface area contributed by atoms with Gasteiger partial charge in [0, 0.05) is 37.0 Å². The van der Waals surface area contributed by atoms with Crippen molar-refractivity contribution in [3.63, 3.8) is 0 Å². The molecule has 188 valence electrons. The van der Waals surface area contributed by atoms with E-state index in [-0.39, 0.29) is 0 Å². The van der Waals surface area contributed by atoms with Crippen LogP contribution in [0, 0.1) is 0 Å². The van der Waals surface area contributed by atoms with Gasteiger partial charge in [0.05, 0.1) is 0 Å². The molecule has 0 unspecified atom stereocenters. The van der Waals surface area contributed by atoms with Crippen LogP contribution in [0.25, 0.3) is 70.5 Å². The van der Waals surface area contributed by atoms with E-state index in [4.69, 9.17) is 10.2 Å². The molecule has 3 nitrogen and oxygen atoms in total. The van der Waals surface area contributed by atoms with E-state index < -0.39 is 0 Å². The standard InChI is InChI=1S/C36H23N3S/c1-2-12-27(13-3-1)39-35(37-38-36(39)32-18-8-11-24-10-4-5-14-28(24)32)26-22-20-25(21-23-26)29-16-9-17-31-30-15-6-7-19-33(30)40-34(29)31/h1-23H. The van der Waals surface area contributed by atoms with Crippen molar-refractivity contribution in [2.75, 3.05) is 0 Å². The van der Waals surface area contributed by atoms with E-state index in [1.54, 1.807) is 0 Å². The Bertz CT molecular complexity index is 2150. The lowest BCUT2D eigenvalue weighted by molar-refractivity contribution is 1.07. The maximum absolute atomic E-state index is 4.75. The van der Waals surface area contributed by atoms with E-state index in [0.29, 0.717) is 0 Å². The number of para-hydroxylation sites is 1. The van der Waals surface area contributed by atoms with Crippen LogP contribution in [0.4, 0.5) is 0 Å². The van der Waals surface area contributed by atoms with Gasteiger partial charge < -0.3 is 0 Å². The zero-order valence-electron chi connectivity index (χ0n) is 21.5. The molecule has 0 aliphatic heterocycles. The van der Waals surface area contributed by atoms with Crippen LogP contribution in [0.5, 0.6) is 0 Å². The molecule has 0 aliphatic carbocycles. The molecule has 8 aromatic rings. The van der Waals surface area contributed by atoms with Gasteiger partial charge in [-0.05, 0) is 40.1 Å². The van der Waals surface area contributed by atoms with Gasteiger partial charge in [-0.3, -0.25) is 4.57 Å². The monoisotopic (exact) mass is 529 g/mol. The summed E-state index contributed by atoms with van der Waals surface area (Å²) in [6, 6.07) is 49.1. The molecule has 8 rings (SSSR count). The van der Waals surface area contributed by atoms with Gasteiger partial charge in [-0.1, -0.05) is 121 Å². The quantitative estimate of drug-likeness (QED) is 0.227. The number of aromatic nitrogens is 3. The molecule has 0 spiro atoms. The Labute approximate surface area is 235 Å². The molecule has 0 saturated carbocycles. The molecule has 2 heterocycles. The molecular weight excluding hydrogens is 506 g/mol. The molecule has 0 bridgehead atoms. The molecule has 0 radical (unpaired) electrons. The Morgan fingerprint density at radius 2 is 1.07 bits per heavy atom. The molecule has 0 atom stereocenters. The van der Waals surface area contributed by atoms with Gasteiger partial charge in [-0.15, -0.1) is 21.5 Å². The van der Waals surface area contributed by atoms with Crippen LogP contribution in [-0.4, -0.2) is 14.8 Å². The third-order valence-electron chi connectivity index (χ3n) is 7.57. The Morgan fingerprint density at radius 3 is 1.95 bits per heavy atom. The van der Waals surface area contributed by atoms with Crippen molar-refractivity contribution in [3.05, 3.63) is 140 Å². The second-order valence-corrected chi connectivity index (χ2v) is 11.0. The van der Waals surface area contributed by atoms with Crippen molar-refractivity contribution in [2.24, 2.45) is 0 Å². The van der Waals surface area contributed by atoms with E-state index in [2.05, 4.69) is 138 Å². The third-order valence-corrected chi connectivity index (χ3v) is 8.79. The first kappa shape index (κ1) is 22.9. The van der Waals surface area contributed by atoms with Crippen molar-refractivity contribution in [3.8, 4) is 39.6 Å². The van der Waals surface area contributed by atoms with Crippen LogP contribution < -0.4 is 0 Å². The number of hydrogen-bond acceptors (Lipinski definition) is 3. The Kier molecular flexibility index (Phi) is 5.32. The van der Waals surface area contributed by atoms with Crippen LogP contribution in [0.2, 0.25) is 0 Å². The molecule has 6 aromatic carbocycles. The summed E-state index contributed by atoms with van der Waals surface area (Å²) < 4.78 is 4.81. The predicted molar refractivity (Wildman–Crippen MR) is 168 cm³/mol. The fourth-order valence-corrected chi connectivity index (χ4v) is 6.90. The number of hydrogen-bond donors (Lipinski definition) is 0. The largest absolute Gasteiger partial charge is 0.275 e. The van der Waals surface area contributed by atoms with E-state index in [9.17, 15) is 0 Å². The van der Waals surface area contributed by atoms with Gasteiger partial charge in [0.2, 0.25) is 0 Å². The smallest absolute Gasteiger partial charge is 0.169 e. The van der Waals surface area contributed by atoms with Gasteiger partial charge in [-0.2, -0.15) is 0 Å². The molecule has 4 heteroatoms. The van der Waals surface area contributed by atoms with Crippen LogP contribution in [-0.2, 0) is 0 Å². The highest BCUT2D eigenvalue weighted by Gasteiger charge is 2.19. The van der Waals surface area contributed by atoms with E-state index in [1.807, 2.05) is 17.4 Å². The van der Waals surface area contributed by atoms with Crippen LogP contribution in [0.3, 0.4) is 0 Å². The zero-order valence-corrected chi connectivity index (χ0v) is 22.3. The highest BCUT2D eigenvalue weighted by atomic mass is 32.1. The SMILES string of the molecule is c1ccc(-n2c(-c3ccc(-c4cccc5c4sc4ccccc45)cc3)nnc2-c2cccc3ccccc23)cc1. The summed E-state index contributed by atoms with van der Waals surface area (Å²) in [4.78, 5) is 0. The van der Waals surface area contributed by atoms with Gasteiger partial charge in [-0.25, -0.2) is 0 Å². The Morgan fingerprint density at radius 1 is 0.450 bits per heavy atom. The summed E-state index contributed by atoms with van der Waals surface area (Å²) in [5.74, 6) is 1.65. The van der Waals surface area contributed by atoms with Crippen molar-refractivity contribution < 1.29 is 0 Å². The number of fused-ring (bicyclic) bond motifs is 4. The average Bonchev–Trinajstić information content (AvgIpc) is 3.64. The van der Waals surface area contributed by atoms with Gasteiger partial charge in [0.25, 0.3) is 0 Å². The van der Waals surface area contributed by atoms with E-state index in [1.165, 1.54) is 36.7 Å².